The molecular formula is C8H6F3N5O. The molecule has 0 aromatic carbocycles. The summed E-state index contributed by atoms with van der Waals surface area (Å²) in [5.74, 6) is -5.85. The molecule has 0 spiro atoms. The Labute approximate surface area is 92.1 Å². The van der Waals surface area contributed by atoms with Gasteiger partial charge in [0.05, 0.1) is 6.20 Å². The predicted molar refractivity (Wildman–Crippen MR) is 50.1 cm³/mol. The fourth-order valence-electron chi connectivity index (χ4n) is 1.16. The number of H-pyrrole nitrogens is 1. The van der Waals surface area contributed by atoms with E-state index < -0.39 is 24.3 Å². The number of fused-ring (bicyclic) bond motifs is 1. The number of amides is 1. The van der Waals surface area contributed by atoms with Crippen molar-refractivity contribution >= 4 is 17.1 Å². The topological polar surface area (TPSA) is 97.6 Å². The number of aromatic amines is 1. The summed E-state index contributed by atoms with van der Waals surface area (Å²) >= 11 is 0. The summed E-state index contributed by atoms with van der Waals surface area (Å²) in [4.78, 5) is 23.5. The number of nitrogens with one attached hydrogen (secondary N) is 1. The lowest BCUT2D eigenvalue weighted by atomic mass is 10.3. The molecule has 0 aliphatic heterocycles. The molecule has 0 aliphatic rings. The lowest BCUT2D eigenvalue weighted by Crippen LogP contribution is -2.19. The van der Waals surface area contributed by atoms with Crippen molar-refractivity contribution in [1.82, 2.24) is 19.9 Å². The number of aromatic nitrogens is 4. The minimum Gasteiger partial charge on any atom is -0.363 e. The number of halogens is 3. The molecule has 3 N–H and O–H groups in total. The van der Waals surface area contributed by atoms with E-state index in [-0.39, 0.29) is 17.0 Å². The van der Waals surface area contributed by atoms with Crippen molar-refractivity contribution in [2.45, 2.75) is 5.92 Å². The van der Waals surface area contributed by atoms with Crippen LogP contribution in [0.1, 0.15) is 16.4 Å². The number of carbonyl (C=O) groups is 1. The molecule has 2 aromatic rings. The molecule has 2 heterocycles. The largest absolute Gasteiger partial charge is 0.363 e. The van der Waals surface area contributed by atoms with Gasteiger partial charge in [0.25, 0.3) is 5.91 Å². The predicted octanol–water partition coefficient (Wildman–Crippen LogP) is 0.513. The van der Waals surface area contributed by atoms with E-state index in [9.17, 15) is 18.0 Å². The van der Waals surface area contributed by atoms with Gasteiger partial charge in [-0.15, -0.1) is 0 Å². The lowest BCUT2D eigenvalue weighted by molar-refractivity contribution is -0.0362. The lowest BCUT2D eigenvalue weighted by Gasteiger charge is -2.08. The van der Waals surface area contributed by atoms with Crippen LogP contribution < -0.4 is 5.73 Å². The van der Waals surface area contributed by atoms with E-state index in [1.807, 2.05) is 0 Å². The maximum atomic E-state index is 12.9. The van der Waals surface area contributed by atoms with Crippen LogP contribution >= 0.6 is 0 Å². The third-order valence-corrected chi connectivity index (χ3v) is 1.97. The highest BCUT2D eigenvalue weighted by molar-refractivity contribution is 5.92. The molecule has 0 bridgehead atoms. The average Bonchev–Trinajstić information content (AvgIpc) is 2.71. The van der Waals surface area contributed by atoms with Gasteiger partial charge in [-0.1, -0.05) is 0 Å². The standard InChI is InChI=1S/C8H6F3N5O/c9-2-8(10,11)7-13-1-3-5(16-7)15-6(14-3)4(12)17/h1H,2H2,(H2,12,17)(H,13,14,15,16). The highest BCUT2D eigenvalue weighted by Gasteiger charge is 2.35. The number of hydrogen-bond donors (Lipinski definition) is 2. The van der Waals surface area contributed by atoms with E-state index in [0.717, 1.165) is 6.20 Å². The SMILES string of the molecule is NC(=O)c1nc2nc(C(F)(F)CF)ncc2[nH]1. The van der Waals surface area contributed by atoms with Gasteiger partial charge in [-0.3, -0.25) is 4.79 Å². The monoisotopic (exact) mass is 245 g/mol. The maximum absolute atomic E-state index is 12.9. The Bertz CT molecular complexity index is 582. The first-order valence-electron chi connectivity index (χ1n) is 4.41. The zero-order chi connectivity index (χ0) is 12.6. The van der Waals surface area contributed by atoms with Gasteiger partial charge < -0.3 is 10.7 Å². The van der Waals surface area contributed by atoms with E-state index in [1.165, 1.54) is 0 Å². The summed E-state index contributed by atoms with van der Waals surface area (Å²) in [7, 11) is 0. The number of carbonyl (C=O) groups excluding carboxylic acids is 1. The molecule has 2 rings (SSSR count). The minimum atomic E-state index is -3.78. The van der Waals surface area contributed by atoms with Crippen molar-refractivity contribution in [3.8, 4) is 0 Å². The van der Waals surface area contributed by atoms with Crippen LogP contribution in [0.3, 0.4) is 0 Å². The van der Waals surface area contributed by atoms with Crippen molar-refractivity contribution < 1.29 is 18.0 Å². The van der Waals surface area contributed by atoms with E-state index in [0.29, 0.717) is 0 Å². The molecule has 9 heteroatoms. The Hall–Kier alpha value is -2.19. The third kappa shape index (κ3) is 1.90. The van der Waals surface area contributed by atoms with Gasteiger partial charge in [0, 0.05) is 0 Å². The van der Waals surface area contributed by atoms with Crippen molar-refractivity contribution in [3.05, 3.63) is 17.8 Å². The quantitative estimate of drug-likeness (QED) is 0.823. The van der Waals surface area contributed by atoms with Crippen LogP contribution in [0.15, 0.2) is 6.20 Å². The maximum Gasteiger partial charge on any atom is 0.334 e. The molecule has 0 fully saturated rings. The number of nitrogens with zero attached hydrogens (tertiary/aromatic N) is 3. The Kier molecular flexibility index (Phi) is 2.45. The van der Waals surface area contributed by atoms with Crippen LogP contribution in [0.4, 0.5) is 13.2 Å². The van der Waals surface area contributed by atoms with Crippen LogP contribution in [-0.4, -0.2) is 32.5 Å². The van der Waals surface area contributed by atoms with Crippen molar-refractivity contribution in [1.29, 1.82) is 0 Å². The molecule has 0 saturated carbocycles. The molecular weight excluding hydrogens is 239 g/mol. The zero-order valence-corrected chi connectivity index (χ0v) is 8.25. The van der Waals surface area contributed by atoms with E-state index in [1.54, 1.807) is 0 Å². The van der Waals surface area contributed by atoms with E-state index in [2.05, 4.69) is 19.9 Å². The molecule has 90 valence electrons. The normalized spacial score (nSPS) is 11.9. The molecule has 0 atom stereocenters. The molecule has 17 heavy (non-hydrogen) atoms. The molecule has 0 unspecified atom stereocenters. The summed E-state index contributed by atoms with van der Waals surface area (Å²) in [6.07, 6.45) is 0.987. The number of rotatable bonds is 3. The Morgan fingerprint density at radius 3 is 2.76 bits per heavy atom. The second-order valence-corrected chi connectivity index (χ2v) is 3.22. The average molecular weight is 245 g/mol. The first kappa shape index (κ1) is 11.3. The fraction of sp³-hybridized carbons (Fsp3) is 0.250. The van der Waals surface area contributed by atoms with Gasteiger partial charge in [-0.25, -0.2) is 19.3 Å². The van der Waals surface area contributed by atoms with Gasteiger partial charge in [0.15, 0.2) is 18.1 Å². The summed E-state index contributed by atoms with van der Waals surface area (Å²) in [6.45, 7) is -1.91. The van der Waals surface area contributed by atoms with Gasteiger partial charge >= 0.3 is 5.92 Å². The minimum absolute atomic E-state index is 0.164. The number of hydrogen-bond acceptors (Lipinski definition) is 4. The summed E-state index contributed by atoms with van der Waals surface area (Å²) in [6, 6.07) is 0. The summed E-state index contributed by atoms with van der Waals surface area (Å²) in [5.41, 5.74) is 4.93. The van der Waals surface area contributed by atoms with Gasteiger partial charge in [-0.2, -0.15) is 8.78 Å². The van der Waals surface area contributed by atoms with Crippen LogP contribution in [-0.2, 0) is 5.92 Å². The van der Waals surface area contributed by atoms with E-state index >= 15 is 0 Å². The van der Waals surface area contributed by atoms with Crippen molar-refractivity contribution in [3.63, 3.8) is 0 Å². The fourth-order valence-corrected chi connectivity index (χ4v) is 1.16. The van der Waals surface area contributed by atoms with Gasteiger partial charge in [0.1, 0.15) is 5.52 Å². The molecule has 0 aliphatic carbocycles. The highest BCUT2D eigenvalue weighted by atomic mass is 19.3. The van der Waals surface area contributed by atoms with Gasteiger partial charge in [-0.05, 0) is 0 Å². The highest BCUT2D eigenvalue weighted by Crippen LogP contribution is 2.25. The first-order chi connectivity index (χ1) is 7.94. The van der Waals surface area contributed by atoms with Crippen molar-refractivity contribution in [2.24, 2.45) is 5.73 Å². The first-order valence-corrected chi connectivity index (χ1v) is 4.41. The Morgan fingerprint density at radius 1 is 1.47 bits per heavy atom. The summed E-state index contributed by atoms with van der Waals surface area (Å²) in [5, 5.41) is 0. The molecule has 6 nitrogen and oxygen atoms in total. The number of nitrogens with two attached hydrogens (primary N) is 1. The smallest absolute Gasteiger partial charge is 0.334 e. The summed E-state index contributed by atoms with van der Waals surface area (Å²) < 4.78 is 38.0. The van der Waals surface area contributed by atoms with Gasteiger partial charge in [0.2, 0.25) is 5.82 Å². The van der Waals surface area contributed by atoms with Crippen LogP contribution in [0.5, 0.6) is 0 Å². The van der Waals surface area contributed by atoms with Crippen LogP contribution in [0.2, 0.25) is 0 Å². The third-order valence-electron chi connectivity index (χ3n) is 1.97. The molecule has 1 amide bonds. The zero-order valence-electron chi connectivity index (χ0n) is 8.25. The molecule has 0 radical (unpaired) electrons. The van der Waals surface area contributed by atoms with Crippen molar-refractivity contribution in [2.75, 3.05) is 6.67 Å². The second-order valence-electron chi connectivity index (χ2n) is 3.22. The van der Waals surface area contributed by atoms with Crippen LogP contribution in [0.25, 0.3) is 11.2 Å². The molecule has 2 aromatic heterocycles. The number of imidazole rings is 1. The second kappa shape index (κ2) is 3.68. The Morgan fingerprint density at radius 2 is 2.18 bits per heavy atom. The molecule has 0 saturated heterocycles. The Balaban J connectivity index is 2.54. The number of alkyl halides is 3. The number of primary amides is 1. The van der Waals surface area contributed by atoms with Crippen LogP contribution in [0, 0.1) is 0 Å². The van der Waals surface area contributed by atoms with E-state index in [4.69, 9.17) is 5.73 Å².